The van der Waals surface area contributed by atoms with Gasteiger partial charge < -0.3 is 0 Å². The van der Waals surface area contributed by atoms with Crippen molar-refractivity contribution >= 4 is 45.6 Å². The summed E-state index contributed by atoms with van der Waals surface area (Å²) in [7, 11) is 0. The third-order valence-corrected chi connectivity index (χ3v) is 6.60. The molecule has 0 radical (unpaired) electrons. The minimum atomic E-state index is -0.905. The van der Waals surface area contributed by atoms with E-state index in [1.165, 1.54) is 4.90 Å². The van der Waals surface area contributed by atoms with Crippen molar-refractivity contribution in [3.8, 4) is 0 Å². The quantitative estimate of drug-likeness (QED) is 0.381. The third kappa shape index (κ3) is 3.12. The molecule has 33 heavy (non-hydrogen) atoms. The van der Waals surface area contributed by atoms with Crippen LogP contribution in [0, 0.1) is 5.92 Å². The van der Waals surface area contributed by atoms with Crippen LogP contribution < -0.4 is 9.96 Å². The molecule has 0 bridgehead atoms. The number of hydrogen-bond acceptors (Lipinski definition) is 4. The summed E-state index contributed by atoms with van der Waals surface area (Å²) in [4.78, 5) is 34.6. The first-order chi connectivity index (χ1) is 16.1. The molecular formula is C27H19ClN2O3. The largest absolute Gasteiger partial charge is 0.273 e. The minimum absolute atomic E-state index is 0.274. The summed E-state index contributed by atoms with van der Waals surface area (Å²) in [6.07, 6.45) is -0.905. The number of amides is 2. The van der Waals surface area contributed by atoms with Crippen molar-refractivity contribution in [3.05, 3.63) is 108 Å². The smallest absolute Gasteiger partial charge is 0.266 e. The predicted molar refractivity (Wildman–Crippen MR) is 128 cm³/mol. The molecule has 2 aliphatic heterocycles. The van der Waals surface area contributed by atoms with Gasteiger partial charge in [0.15, 0.2) is 6.10 Å². The van der Waals surface area contributed by atoms with Gasteiger partial charge in [0.25, 0.3) is 5.91 Å². The number of nitrogens with zero attached hydrogens (tertiary/aromatic N) is 2. The maximum atomic E-state index is 13.7. The fourth-order valence-corrected chi connectivity index (χ4v) is 5.01. The van der Waals surface area contributed by atoms with Gasteiger partial charge >= 0.3 is 0 Å². The van der Waals surface area contributed by atoms with E-state index in [2.05, 4.69) is 0 Å². The second kappa shape index (κ2) is 7.73. The Hall–Kier alpha value is -3.67. The SMILES string of the molecule is O=C1[C@@H]2[C@@H](c3cccc4ccccc34)N(c3ccccc3)O[C@H]2C(=O)N1c1ccc(Cl)cc1. The summed E-state index contributed by atoms with van der Waals surface area (Å²) in [5.41, 5.74) is 2.24. The lowest BCUT2D eigenvalue weighted by Crippen LogP contribution is -2.37. The molecule has 4 aromatic carbocycles. The van der Waals surface area contributed by atoms with Crippen molar-refractivity contribution in [3.63, 3.8) is 0 Å². The van der Waals surface area contributed by atoms with Gasteiger partial charge in [0, 0.05) is 5.02 Å². The fourth-order valence-electron chi connectivity index (χ4n) is 4.88. The molecule has 162 valence electrons. The van der Waals surface area contributed by atoms with Crippen LogP contribution in [0.4, 0.5) is 11.4 Å². The first-order valence-corrected chi connectivity index (χ1v) is 11.1. The Labute approximate surface area is 195 Å². The average molecular weight is 455 g/mol. The van der Waals surface area contributed by atoms with E-state index in [0.29, 0.717) is 10.7 Å². The number of imide groups is 1. The molecular weight excluding hydrogens is 436 g/mol. The standard InChI is InChI=1S/C27H19ClN2O3/c28-18-13-15-19(16-14-18)29-26(31)23-24(22-12-6-8-17-7-4-5-11-21(17)22)30(33-25(23)27(29)32)20-9-2-1-3-10-20/h1-16,23-25H/t23-,24-,25-/m1/s1. The van der Waals surface area contributed by atoms with Crippen LogP contribution >= 0.6 is 11.6 Å². The Balaban J connectivity index is 1.50. The van der Waals surface area contributed by atoms with Gasteiger partial charge in [-0.3, -0.25) is 14.4 Å². The molecule has 0 saturated carbocycles. The Morgan fingerprint density at radius 3 is 2.18 bits per heavy atom. The second-order valence-electron chi connectivity index (χ2n) is 8.21. The van der Waals surface area contributed by atoms with Crippen LogP contribution in [-0.2, 0) is 14.4 Å². The molecule has 4 aromatic rings. The van der Waals surface area contributed by atoms with Gasteiger partial charge in [0.2, 0.25) is 5.91 Å². The number of carbonyl (C=O) groups excluding carboxylic acids is 2. The summed E-state index contributed by atoms with van der Waals surface area (Å²) in [5, 5.41) is 4.36. The van der Waals surface area contributed by atoms with E-state index in [4.69, 9.17) is 16.4 Å². The van der Waals surface area contributed by atoms with Crippen LogP contribution in [0.2, 0.25) is 5.02 Å². The van der Waals surface area contributed by atoms with Gasteiger partial charge in [-0.15, -0.1) is 0 Å². The van der Waals surface area contributed by atoms with Crippen LogP contribution in [0.25, 0.3) is 10.8 Å². The lowest BCUT2D eigenvalue weighted by molar-refractivity contribution is -0.126. The maximum absolute atomic E-state index is 13.7. The molecule has 0 spiro atoms. The lowest BCUT2D eigenvalue weighted by atomic mass is 9.87. The fraction of sp³-hybridized carbons (Fsp3) is 0.111. The molecule has 6 heteroatoms. The highest BCUT2D eigenvalue weighted by Gasteiger charge is 2.60. The van der Waals surface area contributed by atoms with E-state index in [0.717, 1.165) is 22.0 Å². The highest BCUT2D eigenvalue weighted by atomic mass is 35.5. The van der Waals surface area contributed by atoms with E-state index in [-0.39, 0.29) is 11.8 Å². The van der Waals surface area contributed by atoms with Gasteiger partial charge in [0.1, 0.15) is 5.92 Å². The molecule has 0 aromatic heterocycles. The monoisotopic (exact) mass is 454 g/mol. The number of fused-ring (bicyclic) bond motifs is 2. The molecule has 2 fully saturated rings. The summed E-state index contributed by atoms with van der Waals surface area (Å²) in [6, 6.07) is 29.9. The van der Waals surface area contributed by atoms with Crippen LogP contribution in [0.3, 0.4) is 0 Å². The topological polar surface area (TPSA) is 49.9 Å². The van der Waals surface area contributed by atoms with E-state index in [1.807, 2.05) is 72.8 Å². The molecule has 2 amide bonds. The Bertz CT molecular complexity index is 1370. The number of hydrogen-bond donors (Lipinski definition) is 0. The summed E-state index contributed by atoms with van der Waals surface area (Å²) in [5.74, 6) is -1.32. The number of para-hydroxylation sites is 1. The zero-order chi connectivity index (χ0) is 22.5. The van der Waals surface area contributed by atoms with E-state index >= 15 is 0 Å². The van der Waals surface area contributed by atoms with Crippen LogP contribution in [0.5, 0.6) is 0 Å². The number of anilines is 2. The number of carbonyl (C=O) groups is 2. The van der Waals surface area contributed by atoms with Crippen molar-refractivity contribution < 1.29 is 14.4 Å². The number of benzene rings is 4. The highest BCUT2D eigenvalue weighted by Crippen LogP contribution is 2.48. The van der Waals surface area contributed by atoms with Gasteiger partial charge in [-0.1, -0.05) is 72.3 Å². The van der Waals surface area contributed by atoms with Crippen LogP contribution in [0.1, 0.15) is 11.6 Å². The van der Waals surface area contributed by atoms with Crippen LogP contribution in [-0.4, -0.2) is 17.9 Å². The summed E-state index contributed by atoms with van der Waals surface area (Å²) in [6.45, 7) is 0. The first-order valence-electron chi connectivity index (χ1n) is 10.8. The Morgan fingerprint density at radius 2 is 1.39 bits per heavy atom. The van der Waals surface area contributed by atoms with E-state index < -0.39 is 18.1 Å². The van der Waals surface area contributed by atoms with Crippen molar-refractivity contribution in [1.82, 2.24) is 0 Å². The minimum Gasteiger partial charge on any atom is -0.273 e. The number of halogens is 1. The van der Waals surface area contributed by atoms with E-state index in [9.17, 15) is 9.59 Å². The van der Waals surface area contributed by atoms with Gasteiger partial charge in [-0.2, -0.15) is 0 Å². The zero-order valence-corrected chi connectivity index (χ0v) is 18.2. The van der Waals surface area contributed by atoms with Crippen LogP contribution in [0.15, 0.2) is 97.1 Å². The normalized spacial score (nSPS) is 22.3. The predicted octanol–water partition coefficient (Wildman–Crippen LogP) is 5.54. The maximum Gasteiger partial charge on any atom is 0.266 e. The number of hydroxylamine groups is 1. The Kier molecular flexibility index (Phi) is 4.68. The second-order valence-corrected chi connectivity index (χ2v) is 8.65. The molecule has 2 heterocycles. The molecule has 0 unspecified atom stereocenters. The third-order valence-electron chi connectivity index (χ3n) is 6.35. The highest BCUT2D eigenvalue weighted by molar-refractivity contribution is 6.31. The van der Waals surface area contributed by atoms with Crippen molar-refractivity contribution in [2.24, 2.45) is 5.92 Å². The van der Waals surface area contributed by atoms with E-state index in [1.54, 1.807) is 29.3 Å². The Morgan fingerprint density at radius 1 is 0.697 bits per heavy atom. The first kappa shape index (κ1) is 20.0. The zero-order valence-electron chi connectivity index (χ0n) is 17.5. The molecule has 3 atom stereocenters. The molecule has 6 rings (SSSR count). The van der Waals surface area contributed by atoms with Gasteiger partial charge in [-0.05, 0) is 52.7 Å². The number of rotatable bonds is 3. The van der Waals surface area contributed by atoms with Gasteiger partial charge in [-0.25, -0.2) is 9.96 Å². The molecule has 5 nitrogen and oxygen atoms in total. The summed E-state index contributed by atoms with van der Waals surface area (Å²) >= 11 is 6.01. The average Bonchev–Trinajstić information content (AvgIpc) is 3.36. The molecule has 2 saturated heterocycles. The summed E-state index contributed by atoms with van der Waals surface area (Å²) < 4.78 is 0. The molecule has 0 N–H and O–H groups in total. The molecule has 2 aliphatic rings. The molecule has 0 aliphatic carbocycles. The van der Waals surface area contributed by atoms with Crippen molar-refractivity contribution in [2.75, 3.05) is 9.96 Å². The van der Waals surface area contributed by atoms with Crippen molar-refractivity contribution in [1.29, 1.82) is 0 Å². The van der Waals surface area contributed by atoms with Gasteiger partial charge in [0.05, 0.1) is 17.4 Å². The van der Waals surface area contributed by atoms with Crippen molar-refractivity contribution in [2.45, 2.75) is 12.1 Å². The lowest BCUT2D eigenvalue weighted by Gasteiger charge is -2.29.